The summed E-state index contributed by atoms with van der Waals surface area (Å²) in [6.45, 7) is 0. The molecule has 0 radical (unpaired) electrons. The Morgan fingerprint density at radius 2 is 1.00 bits per heavy atom. The predicted octanol–water partition coefficient (Wildman–Crippen LogP) is 9.58. The molecule has 57 heavy (non-hydrogen) atoms. The van der Waals surface area contributed by atoms with Gasteiger partial charge in [0.2, 0.25) is 5.95 Å². The van der Waals surface area contributed by atoms with E-state index in [9.17, 15) is 0 Å². The molecule has 7 aromatic carbocycles. The van der Waals surface area contributed by atoms with Gasteiger partial charge in [0.1, 0.15) is 0 Å². The van der Waals surface area contributed by atoms with Gasteiger partial charge in [-0.1, -0.05) is 182 Å². The lowest BCUT2D eigenvalue weighted by Gasteiger charge is -2.34. The van der Waals surface area contributed by atoms with E-state index in [1.54, 1.807) is 0 Å². The van der Waals surface area contributed by atoms with Crippen LogP contribution in [0.3, 0.4) is 0 Å². The lowest BCUT2D eigenvalue weighted by molar-refractivity contribution is 0.420. The molecule has 2 aliphatic rings. The second-order valence-corrected chi connectivity index (χ2v) is 19.8. The van der Waals surface area contributed by atoms with Crippen molar-refractivity contribution in [2.75, 3.05) is 0 Å². The summed E-state index contributed by atoms with van der Waals surface area (Å²) in [4.78, 5) is 16.3. The number of benzene rings is 7. The van der Waals surface area contributed by atoms with Crippen LogP contribution in [0.4, 0.5) is 0 Å². The Kier molecular flexibility index (Phi) is 8.29. The third-order valence-corrected chi connectivity index (χ3v) is 17.7. The molecule has 11 rings (SSSR count). The number of nitrogens with zero attached hydrogens (tertiary/aromatic N) is 4. The molecule has 9 aromatic rings. The van der Waals surface area contributed by atoms with Crippen molar-refractivity contribution in [1.29, 1.82) is 0 Å². The van der Waals surface area contributed by atoms with Crippen molar-refractivity contribution < 1.29 is 0 Å². The zero-order valence-electron chi connectivity index (χ0n) is 31.7. The van der Waals surface area contributed by atoms with Crippen LogP contribution in [0.25, 0.3) is 50.5 Å². The lowest BCUT2D eigenvalue weighted by atomic mass is 9.81. The van der Waals surface area contributed by atoms with Crippen molar-refractivity contribution in [2.45, 2.75) is 31.6 Å². The van der Waals surface area contributed by atoms with Gasteiger partial charge in [0, 0.05) is 21.9 Å². The molecule has 0 aliphatic heterocycles. The Labute approximate surface area is 334 Å². The van der Waals surface area contributed by atoms with Gasteiger partial charge in [-0.2, -0.15) is 9.97 Å². The monoisotopic (exact) mass is 750 g/mol. The quantitative estimate of drug-likeness (QED) is 0.115. The Bertz CT molecular complexity index is 2740. The molecule has 274 valence electrons. The van der Waals surface area contributed by atoms with Gasteiger partial charge in [0.05, 0.1) is 11.0 Å². The fourth-order valence-corrected chi connectivity index (χ4v) is 15.3. The third-order valence-electron chi connectivity index (χ3n) is 12.9. The zero-order valence-corrected chi connectivity index (χ0v) is 32.7. The van der Waals surface area contributed by atoms with Gasteiger partial charge in [0.25, 0.3) is 0 Å². The van der Waals surface area contributed by atoms with E-state index in [1.165, 1.54) is 62.8 Å². The minimum atomic E-state index is -2.79. The summed E-state index contributed by atoms with van der Waals surface area (Å²) in [6, 6.07) is 68.5. The molecule has 2 heterocycles. The van der Waals surface area contributed by atoms with Crippen LogP contribution in [0.5, 0.6) is 0 Å². The highest BCUT2D eigenvalue weighted by Gasteiger charge is 2.42. The Balaban J connectivity index is 1.17. The molecular weight excluding hydrogens is 709 g/mol. The van der Waals surface area contributed by atoms with Gasteiger partial charge in [-0.15, -0.1) is 0 Å². The Morgan fingerprint density at radius 1 is 0.456 bits per heavy atom. The summed E-state index contributed by atoms with van der Waals surface area (Å²) < 4.78 is 2.24. The van der Waals surface area contributed by atoms with Crippen molar-refractivity contribution in [3.63, 3.8) is 0 Å². The largest absolute Gasteiger partial charge is 0.278 e. The topological polar surface area (TPSA) is 43.6 Å². The minimum Gasteiger partial charge on any atom is -0.278 e. The fraction of sp³-hybridized carbons (Fsp3) is 0.135. The summed E-state index contributed by atoms with van der Waals surface area (Å²) in [5.74, 6) is 4.16. The first-order valence-corrected chi connectivity index (χ1v) is 22.4. The molecule has 2 fully saturated rings. The van der Waals surface area contributed by atoms with Crippen molar-refractivity contribution in [2.24, 2.45) is 11.8 Å². The average Bonchev–Trinajstić information content (AvgIpc) is 4.02. The molecule has 2 bridgehead atoms. The summed E-state index contributed by atoms with van der Waals surface area (Å²) >= 11 is 0. The first kappa shape index (κ1) is 33.9. The second kappa shape index (κ2) is 13.9. The molecule has 5 heteroatoms. The summed E-state index contributed by atoms with van der Waals surface area (Å²) in [7, 11) is -2.79. The van der Waals surface area contributed by atoms with Crippen LogP contribution in [0.2, 0.25) is 0 Å². The molecule has 3 atom stereocenters. The van der Waals surface area contributed by atoms with Crippen LogP contribution < -0.4 is 20.7 Å². The SMILES string of the molecule is c1ccc([Si](c2ccccc2)(c2ccccc2)c2cccc(-c3nc(-c4ccccc4C4CC5CCC4C5)nc(-n4c5ccccc5c5ccccc54)n3)c2)cc1. The van der Waals surface area contributed by atoms with Crippen LogP contribution in [0.15, 0.2) is 188 Å². The fourth-order valence-electron chi connectivity index (χ4n) is 10.5. The number of aromatic nitrogens is 4. The van der Waals surface area contributed by atoms with Gasteiger partial charge < -0.3 is 0 Å². The van der Waals surface area contributed by atoms with E-state index >= 15 is 0 Å². The van der Waals surface area contributed by atoms with E-state index in [0.29, 0.717) is 17.7 Å². The van der Waals surface area contributed by atoms with E-state index in [-0.39, 0.29) is 0 Å². The van der Waals surface area contributed by atoms with E-state index in [2.05, 4.69) is 193 Å². The van der Waals surface area contributed by atoms with Gasteiger partial charge in [-0.25, -0.2) is 4.98 Å². The lowest BCUT2D eigenvalue weighted by Crippen LogP contribution is -2.74. The molecular formula is C52H42N4Si. The van der Waals surface area contributed by atoms with Crippen LogP contribution in [-0.2, 0) is 0 Å². The maximum atomic E-state index is 5.46. The number of hydrogen-bond acceptors (Lipinski definition) is 3. The standard InChI is InChI=1S/C52H42N4Si/c1-4-18-39(19-5-1)57(40-20-6-2-7-21-40,41-22-8-3-9-23-41)42-24-16-17-38(35-42)50-53-51(46-28-11-10-25-43(46)47-34-36-31-32-37(47)33-36)55-52(54-50)56-48-29-14-12-26-44(48)45-27-13-15-30-49(45)56/h1-30,35-37,47H,31-34H2. The molecule has 0 N–H and O–H groups in total. The van der Waals surface area contributed by atoms with Gasteiger partial charge in [-0.3, -0.25) is 4.57 Å². The second-order valence-electron chi connectivity index (χ2n) is 15.9. The Morgan fingerprint density at radius 3 is 1.60 bits per heavy atom. The summed E-state index contributed by atoms with van der Waals surface area (Å²) in [6.07, 6.45) is 5.29. The summed E-state index contributed by atoms with van der Waals surface area (Å²) in [5, 5.41) is 7.66. The highest BCUT2D eigenvalue weighted by molar-refractivity contribution is 7.19. The first-order valence-electron chi connectivity index (χ1n) is 20.4. The summed E-state index contributed by atoms with van der Waals surface area (Å²) in [5.41, 5.74) is 5.65. The van der Waals surface area contributed by atoms with Crippen molar-refractivity contribution in [3.8, 4) is 28.7 Å². The van der Waals surface area contributed by atoms with Crippen LogP contribution >= 0.6 is 0 Å². The van der Waals surface area contributed by atoms with E-state index in [0.717, 1.165) is 39.8 Å². The molecule has 3 unspecified atom stereocenters. The highest BCUT2D eigenvalue weighted by atomic mass is 28.3. The maximum Gasteiger partial charge on any atom is 0.238 e. The van der Waals surface area contributed by atoms with Crippen LogP contribution in [-0.4, -0.2) is 27.6 Å². The molecule has 0 saturated heterocycles. The smallest absolute Gasteiger partial charge is 0.238 e. The van der Waals surface area contributed by atoms with E-state index < -0.39 is 8.07 Å². The minimum absolute atomic E-state index is 0.536. The van der Waals surface area contributed by atoms with Crippen LogP contribution in [0, 0.1) is 11.8 Å². The normalized spacial score (nSPS) is 17.7. The number of hydrogen-bond donors (Lipinski definition) is 0. The molecule has 0 amide bonds. The zero-order chi connectivity index (χ0) is 37.8. The molecule has 2 aromatic heterocycles. The average molecular weight is 751 g/mol. The number of para-hydroxylation sites is 2. The number of rotatable bonds is 8. The molecule has 4 nitrogen and oxygen atoms in total. The highest BCUT2D eigenvalue weighted by Crippen LogP contribution is 2.54. The third kappa shape index (κ3) is 5.60. The van der Waals surface area contributed by atoms with Crippen LogP contribution in [0.1, 0.15) is 37.2 Å². The molecule has 2 aliphatic carbocycles. The number of fused-ring (bicyclic) bond motifs is 5. The van der Waals surface area contributed by atoms with Gasteiger partial charge >= 0.3 is 0 Å². The predicted molar refractivity (Wildman–Crippen MR) is 237 cm³/mol. The Hall–Kier alpha value is -6.43. The van der Waals surface area contributed by atoms with E-state index in [4.69, 9.17) is 15.0 Å². The van der Waals surface area contributed by atoms with Crippen molar-refractivity contribution in [3.05, 3.63) is 194 Å². The molecule has 2 saturated carbocycles. The first-order chi connectivity index (χ1) is 28.3. The van der Waals surface area contributed by atoms with Crippen molar-refractivity contribution in [1.82, 2.24) is 19.5 Å². The molecule has 0 spiro atoms. The maximum absolute atomic E-state index is 5.46. The van der Waals surface area contributed by atoms with E-state index in [1.807, 2.05) is 0 Å². The van der Waals surface area contributed by atoms with Crippen molar-refractivity contribution >= 4 is 50.6 Å². The van der Waals surface area contributed by atoms with Gasteiger partial charge in [0.15, 0.2) is 19.7 Å². The van der Waals surface area contributed by atoms with Gasteiger partial charge in [-0.05, 0) is 75.5 Å².